The zero-order valence-electron chi connectivity index (χ0n) is 11.2. The number of aromatic nitrogens is 2. The van der Waals surface area contributed by atoms with Crippen LogP contribution in [0.25, 0.3) is 0 Å². The molecule has 0 aromatic carbocycles. The summed E-state index contributed by atoms with van der Waals surface area (Å²) < 4.78 is 1.96. The largest absolute Gasteiger partial charge is 0.387 e. The molecule has 1 saturated carbocycles. The second-order valence-corrected chi connectivity index (χ2v) is 5.91. The van der Waals surface area contributed by atoms with Crippen LogP contribution >= 0.6 is 0 Å². The van der Waals surface area contributed by atoms with Crippen LogP contribution in [0.1, 0.15) is 58.3 Å². The number of aliphatic hydroxyl groups is 1. The normalized spacial score (nSPS) is 25.1. The topological polar surface area (TPSA) is 38.0 Å². The first-order chi connectivity index (χ1) is 8.06. The number of hydrogen-bond donors (Lipinski definition) is 1. The predicted octanol–water partition coefficient (Wildman–Crippen LogP) is 3.15. The van der Waals surface area contributed by atoms with Gasteiger partial charge in [-0.2, -0.15) is 5.10 Å². The molecule has 17 heavy (non-hydrogen) atoms. The maximum atomic E-state index is 10.6. The van der Waals surface area contributed by atoms with Crippen LogP contribution in [0, 0.1) is 11.3 Å². The SMILES string of the molecule is CCCn1nccc1C(O)C1CCCC1(C)C. The molecule has 1 aliphatic carbocycles. The lowest BCUT2D eigenvalue weighted by atomic mass is 9.78. The predicted molar refractivity (Wildman–Crippen MR) is 68.6 cm³/mol. The smallest absolute Gasteiger partial charge is 0.0989 e. The van der Waals surface area contributed by atoms with E-state index in [9.17, 15) is 5.11 Å². The maximum absolute atomic E-state index is 10.6. The van der Waals surface area contributed by atoms with Crippen molar-refractivity contribution in [2.75, 3.05) is 0 Å². The Labute approximate surface area is 104 Å². The Balaban J connectivity index is 2.18. The van der Waals surface area contributed by atoms with Crippen molar-refractivity contribution in [3.63, 3.8) is 0 Å². The van der Waals surface area contributed by atoms with Gasteiger partial charge in [-0.05, 0) is 36.7 Å². The Hall–Kier alpha value is -0.830. The summed E-state index contributed by atoms with van der Waals surface area (Å²) in [6.45, 7) is 7.58. The first-order valence-corrected chi connectivity index (χ1v) is 6.76. The molecule has 2 atom stereocenters. The van der Waals surface area contributed by atoms with Crippen molar-refractivity contribution in [1.29, 1.82) is 0 Å². The highest BCUT2D eigenvalue weighted by atomic mass is 16.3. The van der Waals surface area contributed by atoms with Gasteiger partial charge in [-0.3, -0.25) is 4.68 Å². The molecule has 2 rings (SSSR count). The molecule has 0 saturated heterocycles. The van der Waals surface area contributed by atoms with Gasteiger partial charge in [0.25, 0.3) is 0 Å². The van der Waals surface area contributed by atoms with Crippen LogP contribution in [-0.4, -0.2) is 14.9 Å². The molecular formula is C14H24N2O. The van der Waals surface area contributed by atoms with Gasteiger partial charge in [0.1, 0.15) is 0 Å². The van der Waals surface area contributed by atoms with Crippen molar-refractivity contribution in [2.24, 2.45) is 11.3 Å². The number of hydrogen-bond acceptors (Lipinski definition) is 2. The molecule has 3 heteroatoms. The highest BCUT2D eigenvalue weighted by Crippen LogP contribution is 2.48. The maximum Gasteiger partial charge on any atom is 0.0989 e. The molecule has 1 heterocycles. The van der Waals surface area contributed by atoms with Gasteiger partial charge < -0.3 is 5.11 Å². The average Bonchev–Trinajstić information content (AvgIpc) is 2.84. The van der Waals surface area contributed by atoms with Crippen molar-refractivity contribution < 1.29 is 5.11 Å². The molecule has 96 valence electrons. The molecule has 0 aliphatic heterocycles. The van der Waals surface area contributed by atoms with Crippen LogP contribution in [0.2, 0.25) is 0 Å². The van der Waals surface area contributed by atoms with E-state index in [0.717, 1.165) is 25.1 Å². The summed E-state index contributed by atoms with van der Waals surface area (Å²) in [4.78, 5) is 0. The molecule has 3 nitrogen and oxygen atoms in total. The molecule has 1 aromatic rings. The van der Waals surface area contributed by atoms with E-state index in [-0.39, 0.29) is 11.5 Å². The molecule has 1 aliphatic rings. The van der Waals surface area contributed by atoms with Crippen molar-refractivity contribution >= 4 is 0 Å². The van der Waals surface area contributed by atoms with Gasteiger partial charge in [-0.25, -0.2) is 0 Å². The highest BCUT2D eigenvalue weighted by Gasteiger charge is 2.40. The lowest BCUT2D eigenvalue weighted by Crippen LogP contribution is -2.26. The molecular weight excluding hydrogens is 212 g/mol. The van der Waals surface area contributed by atoms with E-state index in [1.54, 1.807) is 6.20 Å². The number of nitrogens with zero attached hydrogens (tertiary/aromatic N) is 2. The Morgan fingerprint density at radius 2 is 2.35 bits per heavy atom. The fraction of sp³-hybridized carbons (Fsp3) is 0.786. The standard InChI is InChI=1S/C14H24N2O/c1-4-10-16-12(7-9-15-16)13(17)11-6-5-8-14(11,2)3/h7,9,11,13,17H,4-6,8,10H2,1-3H3. The molecule has 0 amide bonds. The summed E-state index contributed by atoms with van der Waals surface area (Å²) in [5.41, 5.74) is 1.24. The summed E-state index contributed by atoms with van der Waals surface area (Å²) >= 11 is 0. The second kappa shape index (κ2) is 4.81. The summed E-state index contributed by atoms with van der Waals surface area (Å²) in [5, 5.41) is 14.9. The van der Waals surface area contributed by atoms with Crippen molar-refractivity contribution in [3.8, 4) is 0 Å². The molecule has 0 bridgehead atoms. The molecule has 2 unspecified atom stereocenters. The van der Waals surface area contributed by atoms with Crippen LogP contribution in [-0.2, 0) is 6.54 Å². The zero-order valence-corrected chi connectivity index (χ0v) is 11.2. The van der Waals surface area contributed by atoms with Gasteiger partial charge in [-0.15, -0.1) is 0 Å². The van der Waals surface area contributed by atoms with Gasteiger partial charge in [0.05, 0.1) is 11.8 Å². The van der Waals surface area contributed by atoms with Gasteiger partial charge in [0.15, 0.2) is 0 Å². The molecule has 0 radical (unpaired) electrons. The Morgan fingerprint density at radius 1 is 1.59 bits per heavy atom. The molecule has 1 N–H and O–H groups in total. The van der Waals surface area contributed by atoms with Crippen LogP contribution in [0.5, 0.6) is 0 Å². The van der Waals surface area contributed by atoms with E-state index >= 15 is 0 Å². The van der Waals surface area contributed by atoms with Crippen LogP contribution in [0.15, 0.2) is 12.3 Å². The quantitative estimate of drug-likeness (QED) is 0.872. The van der Waals surface area contributed by atoms with E-state index in [1.165, 1.54) is 12.8 Å². The van der Waals surface area contributed by atoms with Crippen molar-refractivity contribution in [3.05, 3.63) is 18.0 Å². The van der Waals surface area contributed by atoms with Crippen LogP contribution in [0.3, 0.4) is 0 Å². The van der Waals surface area contributed by atoms with Gasteiger partial charge >= 0.3 is 0 Å². The minimum Gasteiger partial charge on any atom is -0.387 e. The summed E-state index contributed by atoms with van der Waals surface area (Å²) in [6.07, 6.45) is 6.08. The third-order valence-electron chi connectivity index (χ3n) is 4.21. The van der Waals surface area contributed by atoms with Crippen molar-refractivity contribution in [2.45, 2.75) is 59.1 Å². The lowest BCUT2D eigenvalue weighted by molar-refractivity contribution is 0.0462. The Kier molecular flexibility index (Phi) is 3.57. The number of aliphatic hydroxyl groups excluding tert-OH is 1. The monoisotopic (exact) mass is 236 g/mol. The zero-order chi connectivity index (χ0) is 12.5. The fourth-order valence-corrected chi connectivity index (χ4v) is 3.14. The van der Waals surface area contributed by atoms with Crippen molar-refractivity contribution in [1.82, 2.24) is 9.78 Å². The average molecular weight is 236 g/mol. The van der Waals surface area contributed by atoms with E-state index in [1.807, 2.05) is 10.7 Å². The molecule has 1 fully saturated rings. The summed E-state index contributed by atoms with van der Waals surface area (Å²) in [6, 6.07) is 1.97. The fourth-order valence-electron chi connectivity index (χ4n) is 3.14. The first kappa shape index (κ1) is 12.6. The van der Waals surface area contributed by atoms with Gasteiger partial charge in [-0.1, -0.05) is 27.2 Å². The van der Waals surface area contributed by atoms with E-state index < -0.39 is 0 Å². The second-order valence-electron chi connectivity index (χ2n) is 5.91. The summed E-state index contributed by atoms with van der Waals surface area (Å²) in [7, 11) is 0. The van der Waals surface area contributed by atoms with Crippen LogP contribution < -0.4 is 0 Å². The minimum atomic E-state index is -0.360. The van der Waals surface area contributed by atoms with E-state index in [2.05, 4.69) is 25.9 Å². The molecule has 1 aromatic heterocycles. The third kappa shape index (κ3) is 2.39. The van der Waals surface area contributed by atoms with E-state index in [0.29, 0.717) is 5.92 Å². The lowest BCUT2D eigenvalue weighted by Gasteiger charge is -2.31. The highest BCUT2D eigenvalue weighted by molar-refractivity contribution is 5.08. The first-order valence-electron chi connectivity index (χ1n) is 6.76. The number of aryl methyl sites for hydroxylation is 1. The Morgan fingerprint density at radius 3 is 2.94 bits per heavy atom. The minimum absolute atomic E-state index is 0.251. The summed E-state index contributed by atoms with van der Waals surface area (Å²) in [5.74, 6) is 0.370. The Bertz CT molecular complexity index is 370. The van der Waals surface area contributed by atoms with Gasteiger partial charge in [0.2, 0.25) is 0 Å². The molecule has 0 spiro atoms. The third-order valence-corrected chi connectivity index (χ3v) is 4.21. The number of rotatable bonds is 4. The van der Waals surface area contributed by atoms with Gasteiger partial charge in [0, 0.05) is 12.7 Å². The van der Waals surface area contributed by atoms with Crippen LogP contribution in [0.4, 0.5) is 0 Å². The van der Waals surface area contributed by atoms with E-state index in [4.69, 9.17) is 0 Å².